The van der Waals surface area contributed by atoms with Crippen LogP contribution in [0.15, 0.2) is 29.5 Å². The molecule has 0 spiro atoms. The van der Waals surface area contributed by atoms with Gasteiger partial charge in [0.2, 0.25) is 0 Å². The lowest BCUT2D eigenvalue weighted by atomic mass is 9.88. The van der Waals surface area contributed by atoms with Crippen LogP contribution in [0.25, 0.3) is 29.9 Å². The largest absolute Gasteiger partial charge is 0.468 e. The van der Waals surface area contributed by atoms with Gasteiger partial charge < -0.3 is 29.7 Å². The summed E-state index contributed by atoms with van der Waals surface area (Å²) in [5.74, 6) is -2.43. The minimum absolute atomic E-state index is 0. The summed E-state index contributed by atoms with van der Waals surface area (Å²) in [6, 6.07) is -0.209. The fourth-order valence-electron chi connectivity index (χ4n) is 8.07. The van der Waals surface area contributed by atoms with Crippen molar-refractivity contribution in [3.63, 3.8) is 0 Å². The number of methoxy groups -OCH3 is 1. The topological polar surface area (TPSA) is 129 Å². The van der Waals surface area contributed by atoms with Crippen LogP contribution >= 0.6 is 0 Å². The van der Waals surface area contributed by atoms with E-state index < -0.39 is 11.9 Å². The molecule has 8 bridgehead atoms. The Morgan fingerprint density at radius 3 is 2.37 bits per heavy atom. The van der Waals surface area contributed by atoms with Crippen molar-refractivity contribution in [1.29, 1.82) is 0 Å². The number of fused-ring (bicyclic) bond motifs is 8. The standard InChI is InChI=1S/C42H50N4O5.CH4/c1-10-13-21(4)16-17-51-35(47)15-14-28-24(7)31-18-29-22(5)26(11-2)33(43-29)19-30-23(6)27(12-3)34(44-30)20-32-25(8)36-40(46-32)37(39(28)45-31)38(41(36)48)42(49)50-9;/h11,16,18-20,24,31,38,43-46H,2,10,12-15,17H2,1,3-9H3;1H4/b21-16+,29-18-,32-20-,33-19-;/t24-,31?,38+;/m0./s1. The molecule has 5 heterocycles. The molecule has 2 aliphatic heterocycles. The van der Waals surface area contributed by atoms with Crippen LogP contribution in [-0.4, -0.2) is 52.4 Å². The molecule has 0 radical (unpaired) electrons. The minimum Gasteiger partial charge on any atom is -0.468 e. The number of aromatic nitrogens is 3. The summed E-state index contributed by atoms with van der Waals surface area (Å²) in [7, 11) is 1.31. The number of Topliss-reactive ketones (excluding diaryl/α,β-unsaturated/α-hetero) is 1. The zero-order chi connectivity index (χ0) is 36.7. The quantitative estimate of drug-likeness (QED) is 0.134. The lowest BCUT2D eigenvalue weighted by Crippen LogP contribution is -2.32. The monoisotopic (exact) mass is 706 g/mol. The van der Waals surface area contributed by atoms with Gasteiger partial charge in [0.05, 0.1) is 18.5 Å². The van der Waals surface area contributed by atoms with Gasteiger partial charge in [0.1, 0.15) is 12.5 Å². The number of allylic oxidation sites excluding steroid dienone is 2. The summed E-state index contributed by atoms with van der Waals surface area (Å²) in [6.45, 7) is 18.9. The number of hydrogen-bond donors (Lipinski definition) is 4. The van der Waals surface area contributed by atoms with Gasteiger partial charge in [0, 0.05) is 62.2 Å². The number of esters is 2. The maximum atomic E-state index is 14.2. The van der Waals surface area contributed by atoms with E-state index in [-0.39, 0.29) is 44.2 Å². The Bertz CT molecular complexity index is 2270. The minimum atomic E-state index is -1.14. The van der Waals surface area contributed by atoms with Gasteiger partial charge in [-0.05, 0) is 99.1 Å². The van der Waals surface area contributed by atoms with Crippen LogP contribution in [0.4, 0.5) is 0 Å². The number of nitrogens with one attached hydrogen (secondary N) is 4. The number of ether oxygens (including phenoxy) is 2. The van der Waals surface area contributed by atoms with Crippen LogP contribution in [0, 0.1) is 32.6 Å². The van der Waals surface area contributed by atoms with Crippen molar-refractivity contribution in [2.24, 2.45) is 11.8 Å². The average molecular weight is 707 g/mol. The molecule has 6 rings (SSSR count). The Morgan fingerprint density at radius 1 is 0.962 bits per heavy atom. The second-order valence-corrected chi connectivity index (χ2v) is 14.1. The molecule has 276 valence electrons. The number of H-pyrrole nitrogens is 3. The highest BCUT2D eigenvalue weighted by atomic mass is 16.5. The Morgan fingerprint density at radius 2 is 1.69 bits per heavy atom. The van der Waals surface area contributed by atoms with Crippen LogP contribution in [0.1, 0.15) is 110 Å². The third-order valence-electron chi connectivity index (χ3n) is 11.0. The van der Waals surface area contributed by atoms with Crippen LogP contribution in [0.5, 0.6) is 0 Å². The molecule has 0 saturated heterocycles. The van der Waals surface area contributed by atoms with E-state index in [1.165, 1.54) is 18.2 Å². The van der Waals surface area contributed by atoms with Crippen LogP contribution in [-0.2, 0) is 25.5 Å². The molecule has 3 atom stereocenters. The van der Waals surface area contributed by atoms with E-state index in [2.05, 4.69) is 79.7 Å². The van der Waals surface area contributed by atoms with Crippen molar-refractivity contribution >= 4 is 47.6 Å². The highest BCUT2D eigenvalue weighted by Gasteiger charge is 2.45. The zero-order valence-electron chi connectivity index (χ0n) is 31.1. The molecule has 0 fully saturated rings. The fourth-order valence-corrected chi connectivity index (χ4v) is 8.07. The molecule has 9 heteroatoms. The Hall–Kier alpha value is -5.05. The SMILES string of the molecule is C.C=Cc1c(C)/c2[nH]/c1=C\c1[nH]c(c(CC)c1C)/C=c1\[nH]c3c(c1C)C(=O)[C@H](C(=O)OC)C=3C1=C(CCC(=O)OC/C=C(\C)CCC)[C@H](C)C(\C=2)N1. The van der Waals surface area contributed by atoms with E-state index >= 15 is 0 Å². The van der Waals surface area contributed by atoms with Crippen molar-refractivity contribution in [3.05, 3.63) is 95.7 Å². The predicted octanol–water partition coefficient (Wildman–Crippen LogP) is 4.96. The van der Waals surface area contributed by atoms with E-state index in [0.717, 1.165) is 74.5 Å². The molecular formula is C43H54N4O5. The first-order valence-corrected chi connectivity index (χ1v) is 18.1. The Balaban J connectivity index is 0.00000523. The smallest absolute Gasteiger partial charge is 0.321 e. The first-order valence-electron chi connectivity index (χ1n) is 18.1. The molecule has 3 aromatic rings. The van der Waals surface area contributed by atoms with Crippen molar-refractivity contribution in [1.82, 2.24) is 20.3 Å². The number of carbonyl (C=O) groups is 3. The van der Waals surface area contributed by atoms with Gasteiger partial charge in [-0.3, -0.25) is 14.4 Å². The summed E-state index contributed by atoms with van der Waals surface area (Å²) in [4.78, 5) is 51.6. The summed E-state index contributed by atoms with van der Waals surface area (Å²) in [6.07, 6.45) is 13.6. The van der Waals surface area contributed by atoms with Crippen molar-refractivity contribution in [3.8, 4) is 0 Å². The van der Waals surface area contributed by atoms with Crippen LogP contribution < -0.4 is 26.7 Å². The molecule has 0 aromatic carbocycles. The van der Waals surface area contributed by atoms with Crippen LogP contribution in [0.3, 0.4) is 0 Å². The van der Waals surface area contributed by atoms with Crippen molar-refractivity contribution in [2.45, 2.75) is 94.0 Å². The third-order valence-corrected chi connectivity index (χ3v) is 11.0. The van der Waals surface area contributed by atoms with Crippen LogP contribution in [0.2, 0.25) is 0 Å². The lowest BCUT2D eigenvalue weighted by molar-refractivity contribution is -0.143. The molecule has 0 saturated carbocycles. The van der Waals surface area contributed by atoms with E-state index in [1.54, 1.807) is 0 Å². The summed E-state index contributed by atoms with van der Waals surface area (Å²) in [5, 5.41) is 7.02. The molecule has 3 aliphatic rings. The van der Waals surface area contributed by atoms with Gasteiger partial charge >= 0.3 is 11.9 Å². The number of ketones is 1. The molecule has 52 heavy (non-hydrogen) atoms. The van der Waals surface area contributed by atoms with Gasteiger partial charge in [0.25, 0.3) is 0 Å². The summed E-state index contributed by atoms with van der Waals surface area (Å²) >= 11 is 0. The zero-order valence-corrected chi connectivity index (χ0v) is 31.1. The third kappa shape index (κ3) is 6.57. The fraction of sp³-hybridized carbons (Fsp3) is 0.419. The number of aromatic amines is 3. The van der Waals surface area contributed by atoms with Gasteiger partial charge in [-0.15, -0.1) is 0 Å². The Kier molecular flexibility index (Phi) is 11.2. The molecule has 3 aromatic heterocycles. The molecule has 1 aliphatic carbocycles. The molecule has 1 unspecified atom stereocenters. The van der Waals surface area contributed by atoms with Crippen molar-refractivity contribution in [2.75, 3.05) is 13.7 Å². The maximum absolute atomic E-state index is 14.2. The second kappa shape index (κ2) is 15.3. The van der Waals surface area contributed by atoms with E-state index in [0.29, 0.717) is 28.6 Å². The number of carbonyl (C=O) groups excluding carboxylic acids is 3. The van der Waals surface area contributed by atoms with Gasteiger partial charge in [0.15, 0.2) is 5.78 Å². The van der Waals surface area contributed by atoms with Gasteiger partial charge in [-0.2, -0.15) is 0 Å². The van der Waals surface area contributed by atoms with E-state index in [9.17, 15) is 14.4 Å². The second-order valence-electron chi connectivity index (χ2n) is 14.1. The predicted molar refractivity (Wildman–Crippen MR) is 208 cm³/mol. The first-order chi connectivity index (χ1) is 24.4. The van der Waals surface area contributed by atoms with E-state index in [1.807, 2.05) is 26.0 Å². The molecule has 0 amide bonds. The molecule has 4 N–H and O–H groups in total. The maximum Gasteiger partial charge on any atom is 0.321 e. The highest BCUT2D eigenvalue weighted by molar-refractivity contribution is 6.20. The normalized spacial score (nSPS) is 21.0. The number of hydrogen-bond acceptors (Lipinski definition) is 6. The number of rotatable bonds is 10. The molecule has 9 nitrogen and oxygen atoms in total. The summed E-state index contributed by atoms with van der Waals surface area (Å²) < 4.78 is 10.8. The van der Waals surface area contributed by atoms with Crippen molar-refractivity contribution < 1.29 is 23.9 Å². The van der Waals surface area contributed by atoms with Gasteiger partial charge in [-0.25, -0.2) is 0 Å². The average Bonchev–Trinajstić information content (AvgIpc) is 3.84. The highest BCUT2D eigenvalue weighted by Crippen LogP contribution is 2.39. The molecular weight excluding hydrogens is 652 g/mol. The summed E-state index contributed by atoms with van der Waals surface area (Å²) in [5.41, 5.74) is 11.0. The lowest BCUT2D eigenvalue weighted by Gasteiger charge is -2.17. The van der Waals surface area contributed by atoms with E-state index in [4.69, 9.17) is 9.47 Å². The van der Waals surface area contributed by atoms with Gasteiger partial charge in [-0.1, -0.05) is 52.8 Å². The Labute approximate surface area is 306 Å². The first kappa shape index (κ1) is 38.2.